The van der Waals surface area contributed by atoms with E-state index < -0.39 is 0 Å². The lowest BCUT2D eigenvalue weighted by Crippen LogP contribution is -2.14. The number of fused-ring (bicyclic) bond motifs is 25. The number of para-hydroxylation sites is 2. The summed E-state index contributed by atoms with van der Waals surface area (Å²) in [6, 6.07) is 184. The zero-order chi connectivity index (χ0) is 97.4. The fourth-order valence-corrected chi connectivity index (χ4v) is 25.9. The molecule has 686 valence electrons. The van der Waals surface area contributed by atoms with Gasteiger partial charge < -0.3 is 4.42 Å². The van der Waals surface area contributed by atoms with Crippen molar-refractivity contribution in [2.24, 2.45) is 0 Å². The Morgan fingerprint density at radius 2 is 0.377 bits per heavy atom. The molecule has 0 saturated carbocycles. The van der Waals surface area contributed by atoms with Crippen LogP contribution in [0.1, 0.15) is 74.9 Å². The second-order valence-electron chi connectivity index (χ2n) is 41.7. The van der Waals surface area contributed by atoms with Crippen LogP contribution in [0.15, 0.2) is 502 Å². The van der Waals surface area contributed by atoms with E-state index in [2.05, 4.69) is 533 Å². The van der Waals surface area contributed by atoms with E-state index in [0.29, 0.717) is 0 Å². The van der Waals surface area contributed by atoms with Crippen molar-refractivity contribution < 1.29 is 4.42 Å². The van der Waals surface area contributed by atoms with E-state index in [1.54, 1.807) is 0 Å². The van der Waals surface area contributed by atoms with Gasteiger partial charge in [0.25, 0.3) is 0 Å². The molecule has 3 aliphatic carbocycles. The molecule has 0 radical (unpaired) electrons. The van der Waals surface area contributed by atoms with E-state index in [4.69, 9.17) is 4.42 Å². The zero-order valence-electron chi connectivity index (χ0n) is 82.3. The third kappa shape index (κ3) is 13.5. The first-order chi connectivity index (χ1) is 71.7. The lowest BCUT2D eigenvalue weighted by atomic mass is 9.81. The first-order valence-electron chi connectivity index (χ1n) is 51.3. The first kappa shape index (κ1) is 86.0. The summed E-state index contributed by atoms with van der Waals surface area (Å²) in [6.45, 7) is 14.2. The van der Waals surface area contributed by atoms with Crippen molar-refractivity contribution >= 4 is 130 Å². The molecule has 1 heterocycles. The molecular weight excluding hydrogens is 1760 g/mol. The largest absolute Gasteiger partial charge is 0.455 e. The quantitative estimate of drug-likeness (QED) is 0.131. The predicted molar refractivity (Wildman–Crippen MR) is 623 cm³/mol. The van der Waals surface area contributed by atoms with Crippen LogP contribution in [0.3, 0.4) is 0 Å². The molecule has 1 nitrogen and oxygen atoms in total. The molecule has 0 spiro atoms. The molecule has 0 atom stereocenters. The average Bonchev–Trinajstić information content (AvgIpc) is 1.53. The molecular formula is C145H100O. The fraction of sp³-hybridized carbons (Fsp3) is 0.0621. The SMILES string of the molecule is CC1(C)c2ccc(-c3c4ccccc4c(-c4ccc(-c5ccccc5)cc4)c4ccccc34)cc2-c2c1ccc1ccccc21.CC1(C)c2ccc(-c3c4ccccc4c(-c4cccc(-c5cccc6ccccc56)c4)c4ccccc34)cc2-c2c1ccc1ccccc21.CC1(C)c2ccc(-c3cccc(-c4c5ccccc5c(-c5cccc6c5oc5ccccc56)c5ccccc45)c3)cc2-c2c1ccc1ccccc21. The Labute approximate surface area is 849 Å². The number of benzene rings is 26. The first-order valence-corrected chi connectivity index (χ1v) is 51.3. The van der Waals surface area contributed by atoms with Crippen LogP contribution >= 0.6 is 0 Å². The minimum absolute atomic E-state index is 0.0485. The second-order valence-corrected chi connectivity index (χ2v) is 41.7. The van der Waals surface area contributed by atoms with Gasteiger partial charge >= 0.3 is 0 Å². The van der Waals surface area contributed by atoms with Gasteiger partial charge in [0.05, 0.1) is 0 Å². The highest BCUT2D eigenvalue weighted by molar-refractivity contribution is 6.27. The summed E-state index contributed by atoms with van der Waals surface area (Å²) in [5.41, 5.74) is 40.8. The zero-order valence-corrected chi connectivity index (χ0v) is 82.3. The summed E-state index contributed by atoms with van der Waals surface area (Å²) in [6.07, 6.45) is 0. The number of rotatable bonds is 9. The summed E-state index contributed by atoms with van der Waals surface area (Å²) in [4.78, 5) is 0. The molecule has 0 N–H and O–H groups in total. The molecule has 26 aromatic carbocycles. The van der Waals surface area contributed by atoms with E-state index in [0.717, 1.165) is 27.5 Å². The summed E-state index contributed by atoms with van der Waals surface area (Å²) in [5, 5.41) is 27.9. The van der Waals surface area contributed by atoms with Gasteiger partial charge in [-0.3, -0.25) is 0 Å². The van der Waals surface area contributed by atoms with Crippen LogP contribution in [0.5, 0.6) is 0 Å². The van der Waals surface area contributed by atoms with Crippen molar-refractivity contribution in [1.82, 2.24) is 0 Å². The van der Waals surface area contributed by atoms with Crippen molar-refractivity contribution in [3.8, 4) is 134 Å². The van der Waals surface area contributed by atoms with Crippen LogP contribution in [-0.2, 0) is 16.2 Å². The number of furan rings is 1. The molecule has 3 aliphatic rings. The molecule has 0 bridgehead atoms. The van der Waals surface area contributed by atoms with E-state index >= 15 is 0 Å². The highest BCUT2D eigenvalue weighted by Crippen LogP contribution is 2.59. The van der Waals surface area contributed by atoms with Gasteiger partial charge in [-0.25, -0.2) is 0 Å². The maximum Gasteiger partial charge on any atom is 0.143 e. The molecule has 0 aliphatic heterocycles. The van der Waals surface area contributed by atoms with Crippen molar-refractivity contribution in [2.45, 2.75) is 57.8 Å². The van der Waals surface area contributed by atoms with E-state index in [9.17, 15) is 0 Å². The maximum absolute atomic E-state index is 6.61. The third-order valence-corrected chi connectivity index (χ3v) is 32.8. The molecule has 1 heteroatoms. The van der Waals surface area contributed by atoms with Crippen molar-refractivity contribution in [2.75, 3.05) is 0 Å². The molecule has 146 heavy (non-hydrogen) atoms. The summed E-state index contributed by atoms with van der Waals surface area (Å²) >= 11 is 0. The van der Waals surface area contributed by atoms with E-state index in [1.165, 1.54) is 269 Å². The Hall–Kier alpha value is -17.9. The third-order valence-electron chi connectivity index (χ3n) is 32.8. The van der Waals surface area contributed by atoms with Gasteiger partial charge in [-0.1, -0.05) is 503 Å². The Balaban J connectivity index is 0.000000106. The normalized spacial score (nSPS) is 13.3. The van der Waals surface area contributed by atoms with Crippen LogP contribution in [-0.4, -0.2) is 0 Å². The van der Waals surface area contributed by atoms with Gasteiger partial charge in [0.15, 0.2) is 0 Å². The van der Waals surface area contributed by atoms with Crippen LogP contribution in [0.2, 0.25) is 0 Å². The molecule has 30 rings (SSSR count). The Kier molecular flexibility index (Phi) is 19.8. The smallest absolute Gasteiger partial charge is 0.143 e. The van der Waals surface area contributed by atoms with Crippen LogP contribution in [0.25, 0.3) is 263 Å². The van der Waals surface area contributed by atoms with Crippen molar-refractivity contribution in [3.63, 3.8) is 0 Å². The summed E-state index contributed by atoms with van der Waals surface area (Å²) in [5.74, 6) is 0. The average molecular weight is 1860 g/mol. The van der Waals surface area contributed by atoms with Gasteiger partial charge in [-0.05, 0) is 300 Å². The minimum Gasteiger partial charge on any atom is -0.455 e. The minimum atomic E-state index is -0.0592. The second kappa shape index (κ2) is 33.7. The van der Waals surface area contributed by atoms with E-state index in [1.807, 2.05) is 6.07 Å². The van der Waals surface area contributed by atoms with Gasteiger partial charge in [0.2, 0.25) is 0 Å². The Morgan fingerprint density at radius 3 is 0.801 bits per heavy atom. The highest BCUT2D eigenvalue weighted by atomic mass is 16.3. The summed E-state index contributed by atoms with van der Waals surface area (Å²) < 4.78 is 6.61. The summed E-state index contributed by atoms with van der Waals surface area (Å²) in [7, 11) is 0. The molecule has 0 unspecified atom stereocenters. The molecule has 0 fully saturated rings. The monoisotopic (exact) mass is 1860 g/mol. The standard InChI is InChI=1S/C51H34O.C49H34.C45H32/c1-51(2)44-27-26-33(30-43(44)49-35-16-4-3-13-31(35)25-28-45(49)51)32-14-11-15-34(29-32)47-37-18-5-7-20-39(37)48(40-21-8-6-19-38(40)47)42-23-12-22-41-36-17-9-10-24-46(36)52-50(41)42;1-49(2)44-27-26-35(30-43(44)48-38-19-6-4-14-32(38)25-28-45(48)49)47-41-22-9-7-20-39(41)46(40-21-8-10-23-42(40)47)34-17-11-16-33(29-34)37-24-12-15-31-13-3-5-18-36(31)37;1-45(2)40-26-25-33(28-39(40)44-34-15-7-6-14-31(34)24-27-41(44)45)43-37-18-10-8-16-35(37)42(36-17-9-11-19-38(36)43)32-22-20-30(21-23-32)29-12-4-3-5-13-29/h3-30H,1-2H3;3-30H,1-2H3;3-28H,1-2H3. The maximum atomic E-state index is 6.61. The predicted octanol–water partition coefficient (Wildman–Crippen LogP) is 40.4. The van der Waals surface area contributed by atoms with Crippen LogP contribution in [0.4, 0.5) is 0 Å². The lowest BCUT2D eigenvalue weighted by molar-refractivity contribution is 0.661. The molecule has 27 aromatic rings. The van der Waals surface area contributed by atoms with Crippen molar-refractivity contribution in [3.05, 3.63) is 531 Å². The van der Waals surface area contributed by atoms with Gasteiger partial charge in [-0.2, -0.15) is 0 Å². The lowest BCUT2D eigenvalue weighted by Gasteiger charge is -2.22. The fourth-order valence-electron chi connectivity index (χ4n) is 25.9. The Morgan fingerprint density at radius 1 is 0.130 bits per heavy atom. The van der Waals surface area contributed by atoms with E-state index in [-0.39, 0.29) is 16.2 Å². The molecule has 1 aromatic heterocycles. The highest BCUT2D eigenvalue weighted by Gasteiger charge is 2.41. The van der Waals surface area contributed by atoms with Gasteiger partial charge in [-0.15, -0.1) is 0 Å². The molecule has 0 amide bonds. The van der Waals surface area contributed by atoms with Gasteiger partial charge in [0.1, 0.15) is 11.2 Å². The number of hydrogen-bond donors (Lipinski definition) is 0. The van der Waals surface area contributed by atoms with Crippen molar-refractivity contribution in [1.29, 1.82) is 0 Å². The Bertz CT molecular complexity index is 9980. The van der Waals surface area contributed by atoms with Gasteiger partial charge in [0, 0.05) is 38.1 Å². The number of hydrogen-bond acceptors (Lipinski definition) is 1. The topological polar surface area (TPSA) is 13.1 Å². The van der Waals surface area contributed by atoms with Crippen LogP contribution in [0, 0.1) is 0 Å². The molecule has 0 saturated heterocycles. The van der Waals surface area contributed by atoms with Crippen LogP contribution < -0.4 is 0 Å².